The maximum atomic E-state index is 12.4. The number of aromatic nitrogens is 1. The summed E-state index contributed by atoms with van der Waals surface area (Å²) in [6, 6.07) is 6.85. The number of ether oxygens (including phenoxy) is 2. The summed E-state index contributed by atoms with van der Waals surface area (Å²) in [5, 5.41) is 0. The lowest BCUT2D eigenvalue weighted by atomic mass is 10.2. The number of hydrogen-bond donors (Lipinski definition) is 2. The predicted molar refractivity (Wildman–Crippen MR) is 98.8 cm³/mol. The average molecular weight is 359 g/mol. The van der Waals surface area contributed by atoms with Gasteiger partial charge in [0.25, 0.3) is 11.8 Å². The van der Waals surface area contributed by atoms with Gasteiger partial charge in [-0.3, -0.25) is 20.4 Å². The second kappa shape index (κ2) is 7.95. The zero-order chi connectivity index (χ0) is 19.4. The summed E-state index contributed by atoms with van der Waals surface area (Å²) < 4.78 is 12.4. The molecule has 0 spiro atoms. The molecule has 7 heteroatoms. The molecule has 0 aliphatic carbocycles. The van der Waals surface area contributed by atoms with Crippen LogP contribution in [0.25, 0.3) is 0 Å². The van der Waals surface area contributed by atoms with Crippen molar-refractivity contribution in [1.29, 1.82) is 0 Å². The third-order valence-electron chi connectivity index (χ3n) is 4.15. The van der Waals surface area contributed by atoms with E-state index in [1.165, 1.54) is 14.2 Å². The van der Waals surface area contributed by atoms with Gasteiger partial charge in [0.15, 0.2) is 0 Å². The van der Waals surface area contributed by atoms with E-state index in [4.69, 9.17) is 9.47 Å². The number of nitrogens with one attached hydrogen (secondary N) is 2. The lowest BCUT2D eigenvalue weighted by molar-refractivity contribution is 0.0846. The molecule has 1 aromatic carbocycles. The Bertz CT molecular complexity index is 802. The minimum atomic E-state index is -0.465. The van der Waals surface area contributed by atoms with Crippen molar-refractivity contribution in [3.8, 4) is 11.5 Å². The zero-order valence-corrected chi connectivity index (χ0v) is 16.0. The number of hydrazine groups is 1. The molecule has 0 unspecified atom stereocenters. The van der Waals surface area contributed by atoms with Gasteiger partial charge in [0.1, 0.15) is 11.5 Å². The molecule has 2 aromatic rings. The van der Waals surface area contributed by atoms with Crippen LogP contribution in [0, 0.1) is 13.8 Å². The largest absolute Gasteiger partial charge is 0.497 e. The fraction of sp³-hybridized carbons (Fsp3) is 0.368. The molecule has 26 heavy (non-hydrogen) atoms. The van der Waals surface area contributed by atoms with Crippen molar-refractivity contribution in [3.05, 3.63) is 46.8 Å². The molecule has 0 fully saturated rings. The standard InChI is InChI=1S/C19H25N3O4/c1-11(2)22-12(3)7-17(13(22)4)19(24)21-20-18(23)14-8-15(25-5)10-16(9-14)26-6/h7-11H,1-6H3,(H,20,23)(H,21,24). The molecule has 0 aliphatic heterocycles. The van der Waals surface area contributed by atoms with Crippen LogP contribution in [0.1, 0.15) is 52.0 Å². The lowest BCUT2D eigenvalue weighted by Gasteiger charge is -2.14. The first kappa shape index (κ1) is 19.4. The Labute approximate surface area is 153 Å². The van der Waals surface area contributed by atoms with E-state index in [-0.39, 0.29) is 11.9 Å². The Balaban J connectivity index is 2.13. The quantitative estimate of drug-likeness (QED) is 0.805. The number of nitrogens with zero attached hydrogens (tertiary/aromatic N) is 1. The third kappa shape index (κ3) is 3.99. The molecular weight excluding hydrogens is 334 g/mol. The molecule has 0 bridgehead atoms. The summed E-state index contributed by atoms with van der Waals surface area (Å²) in [5.74, 6) is 0.143. The van der Waals surface area contributed by atoms with E-state index in [9.17, 15) is 9.59 Å². The Kier molecular flexibility index (Phi) is 5.92. The topological polar surface area (TPSA) is 81.6 Å². The van der Waals surface area contributed by atoms with E-state index in [0.29, 0.717) is 22.6 Å². The maximum Gasteiger partial charge on any atom is 0.271 e. The Morgan fingerprint density at radius 2 is 1.46 bits per heavy atom. The van der Waals surface area contributed by atoms with Crippen LogP contribution < -0.4 is 20.3 Å². The molecule has 0 aliphatic rings. The van der Waals surface area contributed by atoms with E-state index in [2.05, 4.69) is 29.3 Å². The van der Waals surface area contributed by atoms with Crippen molar-refractivity contribution >= 4 is 11.8 Å². The first-order valence-electron chi connectivity index (χ1n) is 8.30. The van der Waals surface area contributed by atoms with Crippen LogP contribution in [0.5, 0.6) is 11.5 Å². The van der Waals surface area contributed by atoms with Gasteiger partial charge in [-0.1, -0.05) is 0 Å². The van der Waals surface area contributed by atoms with Gasteiger partial charge in [-0.05, 0) is 45.9 Å². The average Bonchev–Trinajstić information content (AvgIpc) is 2.93. The predicted octanol–water partition coefficient (Wildman–Crippen LogP) is 2.78. The smallest absolute Gasteiger partial charge is 0.271 e. The van der Waals surface area contributed by atoms with Crippen LogP contribution >= 0.6 is 0 Å². The Hall–Kier alpha value is -2.96. The number of carbonyl (C=O) groups is 2. The fourth-order valence-electron chi connectivity index (χ4n) is 2.99. The summed E-state index contributed by atoms with van der Waals surface area (Å²) in [6.07, 6.45) is 0. The number of benzene rings is 1. The molecule has 0 saturated carbocycles. The molecule has 0 atom stereocenters. The summed E-state index contributed by atoms with van der Waals surface area (Å²) in [7, 11) is 3.01. The molecule has 0 saturated heterocycles. The molecule has 140 valence electrons. The van der Waals surface area contributed by atoms with Crippen molar-refractivity contribution < 1.29 is 19.1 Å². The van der Waals surface area contributed by atoms with Gasteiger partial charge in [-0.25, -0.2) is 0 Å². The van der Waals surface area contributed by atoms with Gasteiger partial charge in [0.2, 0.25) is 0 Å². The van der Waals surface area contributed by atoms with Crippen molar-refractivity contribution in [1.82, 2.24) is 15.4 Å². The molecular formula is C19H25N3O4. The molecule has 2 N–H and O–H groups in total. The first-order valence-corrected chi connectivity index (χ1v) is 8.30. The van der Waals surface area contributed by atoms with Crippen LogP contribution in [0.4, 0.5) is 0 Å². The molecule has 2 amide bonds. The van der Waals surface area contributed by atoms with Gasteiger partial charge in [0.05, 0.1) is 19.8 Å². The van der Waals surface area contributed by atoms with E-state index in [1.54, 1.807) is 18.2 Å². The van der Waals surface area contributed by atoms with Crippen molar-refractivity contribution in [2.24, 2.45) is 0 Å². The van der Waals surface area contributed by atoms with Gasteiger partial charge >= 0.3 is 0 Å². The molecule has 1 aromatic heterocycles. The summed E-state index contributed by atoms with van der Waals surface area (Å²) in [4.78, 5) is 24.8. The van der Waals surface area contributed by atoms with Gasteiger partial charge in [-0.2, -0.15) is 0 Å². The monoisotopic (exact) mass is 359 g/mol. The highest BCUT2D eigenvalue weighted by atomic mass is 16.5. The Morgan fingerprint density at radius 3 is 1.92 bits per heavy atom. The van der Waals surface area contributed by atoms with Crippen LogP contribution in [-0.2, 0) is 0 Å². The van der Waals surface area contributed by atoms with Gasteiger partial charge in [-0.15, -0.1) is 0 Å². The molecule has 0 radical (unpaired) electrons. The normalized spacial score (nSPS) is 10.6. The van der Waals surface area contributed by atoms with Gasteiger partial charge < -0.3 is 14.0 Å². The summed E-state index contributed by atoms with van der Waals surface area (Å²) in [5.41, 5.74) is 7.57. The van der Waals surface area contributed by atoms with Crippen LogP contribution in [0.3, 0.4) is 0 Å². The van der Waals surface area contributed by atoms with Gasteiger partial charge in [0, 0.05) is 29.1 Å². The second-order valence-corrected chi connectivity index (χ2v) is 6.26. The van der Waals surface area contributed by atoms with Crippen LogP contribution in [-0.4, -0.2) is 30.6 Å². The number of amides is 2. The summed E-state index contributed by atoms with van der Waals surface area (Å²) in [6.45, 7) is 7.95. The van der Waals surface area contributed by atoms with Crippen LogP contribution in [0.15, 0.2) is 24.3 Å². The fourth-order valence-corrected chi connectivity index (χ4v) is 2.99. The first-order chi connectivity index (χ1) is 12.3. The molecule has 1 heterocycles. The van der Waals surface area contributed by atoms with E-state index in [1.807, 2.05) is 19.9 Å². The lowest BCUT2D eigenvalue weighted by Crippen LogP contribution is -2.41. The van der Waals surface area contributed by atoms with E-state index < -0.39 is 5.91 Å². The SMILES string of the molecule is COc1cc(OC)cc(C(=O)NNC(=O)c2cc(C)n(C(C)C)c2C)c1. The number of methoxy groups -OCH3 is 2. The maximum absolute atomic E-state index is 12.4. The number of rotatable bonds is 5. The summed E-state index contributed by atoms with van der Waals surface area (Å²) >= 11 is 0. The van der Waals surface area contributed by atoms with E-state index in [0.717, 1.165) is 11.4 Å². The minimum Gasteiger partial charge on any atom is -0.497 e. The molecule has 2 rings (SSSR count). The highest BCUT2D eigenvalue weighted by Gasteiger charge is 2.18. The minimum absolute atomic E-state index is 0.246. The van der Waals surface area contributed by atoms with Crippen LogP contribution in [0.2, 0.25) is 0 Å². The van der Waals surface area contributed by atoms with E-state index >= 15 is 0 Å². The van der Waals surface area contributed by atoms with Crippen molar-refractivity contribution in [3.63, 3.8) is 0 Å². The molecule has 7 nitrogen and oxygen atoms in total. The highest BCUT2D eigenvalue weighted by Crippen LogP contribution is 2.22. The number of carbonyl (C=O) groups excluding carboxylic acids is 2. The highest BCUT2D eigenvalue weighted by molar-refractivity contribution is 6.00. The number of aryl methyl sites for hydroxylation is 1. The van der Waals surface area contributed by atoms with Crippen molar-refractivity contribution in [2.45, 2.75) is 33.7 Å². The second-order valence-electron chi connectivity index (χ2n) is 6.26. The third-order valence-corrected chi connectivity index (χ3v) is 4.15. The number of hydrogen-bond acceptors (Lipinski definition) is 4. The van der Waals surface area contributed by atoms with Crippen molar-refractivity contribution in [2.75, 3.05) is 14.2 Å². The zero-order valence-electron chi connectivity index (χ0n) is 16.0. The Morgan fingerprint density at radius 1 is 0.923 bits per heavy atom.